The molecule has 6 N–H and O–H groups in total. The normalized spacial score (nSPS) is 8.17. The highest BCUT2D eigenvalue weighted by Crippen LogP contribution is 1.98. The number of nitrogens with one attached hydrogen (secondary N) is 2. The fourth-order valence-electron chi connectivity index (χ4n) is 0.667. The van der Waals surface area contributed by atoms with Crippen molar-refractivity contribution in [3.63, 3.8) is 0 Å². The molecule has 12 heavy (non-hydrogen) atoms. The molecule has 0 aromatic heterocycles. The van der Waals surface area contributed by atoms with Gasteiger partial charge in [-0.2, -0.15) is 0 Å². The summed E-state index contributed by atoms with van der Waals surface area (Å²) < 4.78 is 0. The van der Waals surface area contributed by atoms with Gasteiger partial charge >= 0.3 is 0 Å². The zero-order valence-electron chi connectivity index (χ0n) is 8.31. The van der Waals surface area contributed by atoms with Crippen molar-refractivity contribution in [3.05, 3.63) is 11.6 Å². The van der Waals surface area contributed by atoms with E-state index in [2.05, 4.69) is 45.3 Å². The minimum absolute atomic E-state index is 0.218. The third-order valence-electron chi connectivity index (χ3n) is 0.822. The van der Waals surface area contributed by atoms with Crippen LogP contribution in [0.3, 0.4) is 0 Å². The lowest BCUT2D eigenvalue weighted by Gasteiger charge is -1.93. The Labute approximate surface area is 74.5 Å². The van der Waals surface area contributed by atoms with E-state index in [4.69, 9.17) is 5.41 Å². The van der Waals surface area contributed by atoms with Crippen LogP contribution in [0.2, 0.25) is 0 Å². The van der Waals surface area contributed by atoms with Gasteiger partial charge in [-0.3, -0.25) is 10.8 Å². The molecule has 0 amide bonds. The Morgan fingerprint density at radius 2 is 1.75 bits per heavy atom. The maximum absolute atomic E-state index is 6.28. The van der Waals surface area contributed by atoms with Crippen LogP contribution in [0, 0.1) is 11.3 Å². The molecule has 0 aliphatic heterocycles. The van der Waals surface area contributed by atoms with Gasteiger partial charge in [-0.25, -0.2) is 5.84 Å². The van der Waals surface area contributed by atoms with Gasteiger partial charge in [0, 0.05) is 0 Å². The first-order valence-corrected chi connectivity index (χ1v) is 3.85. The number of hydrogen-bond donors (Lipinski definition) is 4. The molecule has 0 aliphatic rings. The molecule has 0 rings (SSSR count). The van der Waals surface area contributed by atoms with E-state index in [9.17, 15) is 0 Å². The number of allylic oxidation sites excluding steroid dienone is 2. The summed E-state index contributed by atoms with van der Waals surface area (Å²) in [6, 6.07) is 0. The second-order valence-corrected chi connectivity index (χ2v) is 3.05. The van der Waals surface area contributed by atoms with Crippen molar-refractivity contribution in [3.8, 4) is 0 Å². The number of hydrazine groups is 1. The molecule has 0 radical (unpaired) electrons. The molecule has 72 valence electrons. The Hall–Kier alpha value is -1.03. The van der Waals surface area contributed by atoms with Gasteiger partial charge in [-0.1, -0.05) is 25.5 Å². The molecular formula is C8H20N4. The molecule has 0 aliphatic carbocycles. The van der Waals surface area contributed by atoms with Crippen LogP contribution in [0.25, 0.3) is 0 Å². The number of guanidine groups is 1. The monoisotopic (exact) mass is 172 g/mol. The first kappa shape index (κ1) is 13.6. The minimum Gasteiger partial charge on any atom is -0.369 e. The first-order valence-electron chi connectivity index (χ1n) is 3.85. The lowest BCUT2D eigenvalue weighted by Crippen LogP contribution is -2.35. The quantitative estimate of drug-likeness (QED) is 0.156. The lowest BCUT2D eigenvalue weighted by molar-refractivity contribution is 0.822. The van der Waals surface area contributed by atoms with Crippen molar-refractivity contribution in [2.75, 3.05) is 0 Å². The van der Waals surface area contributed by atoms with Gasteiger partial charge in [0.05, 0.1) is 0 Å². The molecule has 4 nitrogen and oxygen atoms in total. The standard InChI is InChI=1S/C7H14.CH6N4/c1-6(2)5-7(3)4;2-1(3)5-4/h5-6H,1-4H3;4H2,(H4,2,3,5). The Bertz CT molecular complexity index is 145. The van der Waals surface area contributed by atoms with Gasteiger partial charge in [-0.05, 0) is 19.8 Å². The predicted octanol–water partition coefficient (Wildman–Crippen LogP) is 0.952. The van der Waals surface area contributed by atoms with E-state index < -0.39 is 0 Å². The first-order chi connectivity index (χ1) is 5.40. The Morgan fingerprint density at radius 3 is 1.75 bits per heavy atom. The predicted molar refractivity (Wildman–Crippen MR) is 53.5 cm³/mol. The summed E-state index contributed by atoms with van der Waals surface area (Å²) in [6.45, 7) is 8.62. The SMILES string of the molecule is CC(C)=CC(C)C.N=C(N)NN. The van der Waals surface area contributed by atoms with Crippen molar-refractivity contribution in [2.45, 2.75) is 27.7 Å². The Kier molecular flexibility index (Phi) is 9.11. The van der Waals surface area contributed by atoms with Crippen LogP contribution in [0.4, 0.5) is 0 Å². The molecule has 0 spiro atoms. The highest BCUT2D eigenvalue weighted by Gasteiger charge is 1.82. The average molecular weight is 172 g/mol. The summed E-state index contributed by atoms with van der Waals surface area (Å²) in [5, 5.41) is 6.28. The van der Waals surface area contributed by atoms with Gasteiger partial charge in [0.2, 0.25) is 0 Å². The van der Waals surface area contributed by atoms with E-state index in [1.165, 1.54) is 5.57 Å². The Balaban J connectivity index is 0. The zero-order chi connectivity index (χ0) is 10.1. The molecule has 0 bridgehead atoms. The molecule has 0 saturated heterocycles. The molecule has 0 aromatic carbocycles. The second-order valence-electron chi connectivity index (χ2n) is 3.05. The Morgan fingerprint density at radius 1 is 1.42 bits per heavy atom. The van der Waals surface area contributed by atoms with Crippen LogP contribution in [-0.4, -0.2) is 5.96 Å². The summed E-state index contributed by atoms with van der Waals surface area (Å²) >= 11 is 0. The highest BCUT2D eigenvalue weighted by atomic mass is 15.3. The van der Waals surface area contributed by atoms with Crippen LogP contribution in [0.1, 0.15) is 27.7 Å². The molecule has 0 fully saturated rings. The zero-order valence-corrected chi connectivity index (χ0v) is 8.31. The van der Waals surface area contributed by atoms with Gasteiger partial charge in [0.25, 0.3) is 0 Å². The second kappa shape index (κ2) is 8.07. The molecule has 4 heteroatoms. The maximum atomic E-state index is 6.28. The highest BCUT2D eigenvalue weighted by molar-refractivity contribution is 5.73. The summed E-state index contributed by atoms with van der Waals surface area (Å²) in [6.07, 6.45) is 2.25. The average Bonchev–Trinajstić information content (AvgIpc) is 1.85. The topological polar surface area (TPSA) is 87.9 Å². The van der Waals surface area contributed by atoms with Gasteiger partial charge in [0.1, 0.15) is 0 Å². The molecule has 0 aromatic rings. The van der Waals surface area contributed by atoms with E-state index >= 15 is 0 Å². The smallest absolute Gasteiger partial charge is 0.200 e. The molecular weight excluding hydrogens is 152 g/mol. The van der Waals surface area contributed by atoms with Crippen LogP contribution < -0.4 is 17.0 Å². The van der Waals surface area contributed by atoms with Gasteiger partial charge < -0.3 is 5.73 Å². The molecule has 0 heterocycles. The van der Waals surface area contributed by atoms with Crippen LogP contribution in [-0.2, 0) is 0 Å². The van der Waals surface area contributed by atoms with E-state index in [0.29, 0.717) is 5.92 Å². The van der Waals surface area contributed by atoms with E-state index in [-0.39, 0.29) is 5.96 Å². The van der Waals surface area contributed by atoms with E-state index in [0.717, 1.165) is 0 Å². The van der Waals surface area contributed by atoms with Crippen LogP contribution >= 0.6 is 0 Å². The van der Waals surface area contributed by atoms with E-state index in [1.54, 1.807) is 0 Å². The van der Waals surface area contributed by atoms with Crippen LogP contribution in [0.15, 0.2) is 11.6 Å². The summed E-state index contributed by atoms with van der Waals surface area (Å²) in [5.74, 6) is 5.07. The fraction of sp³-hybridized carbons (Fsp3) is 0.625. The largest absolute Gasteiger partial charge is 0.369 e. The van der Waals surface area contributed by atoms with E-state index in [1.807, 2.05) is 5.43 Å². The minimum atomic E-state index is -0.218. The van der Waals surface area contributed by atoms with Crippen molar-refractivity contribution in [1.82, 2.24) is 5.43 Å². The number of nitrogens with two attached hydrogens (primary N) is 2. The van der Waals surface area contributed by atoms with Crippen molar-refractivity contribution in [2.24, 2.45) is 17.5 Å². The summed E-state index contributed by atoms with van der Waals surface area (Å²) in [5.41, 5.74) is 7.94. The van der Waals surface area contributed by atoms with Crippen molar-refractivity contribution in [1.29, 1.82) is 5.41 Å². The third kappa shape index (κ3) is 23.1. The number of hydrogen-bond acceptors (Lipinski definition) is 2. The van der Waals surface area contributed by atoms with Gasteiger partial charge in [0.15, 0.2) is 5.96 Å². The maximum Gasteiger partial charge on any atom is 0.200 e. The van der Waals surface area contributed by atoms with Crippen molar-refractivity contribution >= 4 is 5.96 Å². The summed E-state index contributed by atoms with van der Waals surface area (Å²) in [7, 11) is 0. The molecule has 0 saturated carbocycles. The fourth-order valence-corrected chi connectivity index (χ4v) is 0.667. The van der Waals surface area contributed by atoms with Crippen molar-refractivity contribution < 1.29 is 0 Å². The van der Waals surface area contributed by atoms with Crippen LogP contribution in [0.5, 0.6) is 0 Å². The molecule has 0 unspecified atom stereocenters. The summed E-state index contributed by atoms with van der Waals surface area (Å²) in [4.78, 5) is 0. The third-order valence-corrected chi connectivity index (χ3v) is 0.822. The number of rotatable bonds is 1. The lowest BCUT2D eigenvalue weighted by atomic mass is 10.1. The van der Waals surface area contributed by atoms with Gasteiger partial charge in [-0.15, -0.1) is 0 Å². The molecule has 0 atom stereocenters.